The molecule has 1 aromatic rings. The van der Waals surface area contributed by atoms with Crippen LogP contribution in [0.3, 0.4) is 0 Å². The van der Waals surface area contributed by atoms with E-state index in [1.807, 2.05) is 25.1 Å². The second kappa shape index (κ2) is 8.81. The number of amides is 1. The Balaban J connectivity index is 2.46. The van der Waals surface area contributed by atoms with Crippen LogP contribution in [0.1, 0.15) is 13.3 Å². The first-order valence-electron chi connectivity index (χ1n) is 6.45. The zero-order valence-corrected chi connectivity index (χ0v) is 13.6. The highest BCUT2D eigenvalue weighted by Gasteiger charge is 2.12. The van der Waals surface area contributed by atoms with Gasteiger partial charge in [-0.05, 0) is 47.5 Å². The van der Waals surface area contributed by atoms with Crippen LogP contribution in [0.5, 0.6) is 5.75 Å². The SMILES string of the molecule is COCCCNC(=O)C(C)Nc1ccc(OC)c(Br)c1. The van der Waals surface area contributed by atoms with E-state index in [1.165, 1.54) is 0 Å². The normalized spacial score (nSPS) is 11.8. The summed E-state index contributed by atoms with van der Waals surface area (Å²) in [5.74, 6) is 0.722. The van der Waals surface area contributed by atoms with Gasteiger partial charge in [-0.15, -0.1) is 0 Å². The molecule has 0 saturated heterocycles. The number of benzene rings is 1. The monoisotopic (exact) mass is 344 g/mol. The molecule has 1 unspecified atom stereocenters. The van der Waals surface area contributed by atoms with Crippen molar-refractivity contribution < 1.29 is 14.3 Å². The number of ether oxygens (including phenoxy) is 2. The van der Waals surface area contributed by atoms with Crippen LogP contribution in [0.2, 0.25) is 0 Å². The van der Waals surface area contributed by atoms with Crippen molar-refractivity contribution >= 4 is 27.5 Å². The van der Waals surface area contributed by atoms with Crippen molar-refractivity contribution in [3.63, 3.8) is 0 Å². The Hall–Kier alpha value is -1.27. The zero-order chi connectivity index (χ0) is 15.0. The number of hydrogen-bond acceptors (Lipinski definition) is 4. The van der Waals surface area contributed by atoms with Gasteiger partial charge >= 0.3 is 0 Å². The van der Waals surface area contributed by atoms with Gasteiger partial charge in [0.2, 0.25) is 5.91 Å². The van der Waals surface area contributed by atoms with Gasteiger partial charge in [-0.2, -0.15) is 0 Å². The lowest BCUT2D eigenvalue weighted by molar-refractivity contribution is -0.121. The Morgan fingerprint density at radius 2 is 2.15 bits per heavy atom. The second-order valence-corrected chi connectivity index (χ2v) is 5.21. The summed E-state index contributed by atoms with van der Waals surface area (Å²) in [4.78, 5) is 11.9. The molecule has 0 spiro atoms. The third kappa shape index (κ3) is 5.38. The Bertz CT molecular complexity index is 440. The van der Waals surface area contributed by atoms with Crippen LogP contribution in [0.25, 0.3) is 0 Å². The predicted molar refractivity (Wildman–Crippen MR) is 83.3 cm³/mol. The Kier molecular flexibility index (Phi) is 7.40. The summed E-state index contributed by atoms with van der Waals surface area (Å²) in [6, 6.07) is 5.29. The fraction of sp³-hybridized carbons (Fsp3) is 0.500. The molecule has 0 radical (unpaired) electrons. The smallest absolute Gasteiger partial charge is 0.242 e. The number of nitrogens with one attached hydrogen (secondary N) is 2. The van der Waals surface area contributed by atoms with Gasteiger partial charge in [0.25, 0.3) is 0 Å². The molecule has 1 amide bonds. The Morgan fingerprint density at radius 3 is 2.75 bits per heavy atom. The molecule has 0 aliphatic rings. The summed E-state index contributed by atoms with van der Waals surface area (Å²) in [6.45, 7) is 3.09. The number of anilines is 1. The molecule has 1 aromatic carbocycles. The summed E-state index contributed by atoms with van der Waals surface area (Å²) in [5.41, 5.74) is 0.859. The molecule has 2 N–H and O–H groups in total. The molecule has 0 aromatic heterocycles. The molecular weight excluding hydrogens is 324 g/mol. The number of methoxy groups -OCH3 is 2. The highest BCUT2D eigenvalue weighted by molar-refractivity contribution is 9.10. The average Bonchev–Trinajstić information content (AvgIpc) is 2.43. The van der Waals surface area contributed by atoms with E-state index in [1.54, 1.807) is 14.2 Å². The molecule has 0 heterocycles. The zero-order valence-electron chi connectivity index (χ0n) is 12.0. The number of carbonyl (C=O) groups is 1. The first-order chi connectivity index (χ1) is 9.58. The first kappa shape index (κ1) is 16.8. The van der Waals surface area contributed by atoms with Gasteiger partial charge < -0.3 is 20.1 Å². The summed E-state index contributed by atoms with van der Waals surface area (Å²) < 4.78 is 10.9. The minimum absolute atomic E-state index is 0.0342. The highest BCUT2D eigenvalue weighted by atomic mass is 79.9. The predicted octanol–water partition coefficient (Wildman–Crippen LogP) is 2.41. The summed E-state index contributed by atoms with van der Waals surface area (Å²) in [6.07, 6.45) is 0.809. The molecule has 1 rings (SSSR count). The fourth-order valence-corrected chi connectivity index (χ4v) is 2.19. The number of carbonyl (C=O) groups excluding carboxylic acids is 1. The van der Waals surface area contributed by atoms with Crippen LogP contribution >= 0.6 is 15.9 Å². The number of halogens is 1. The standard InChI is InChI=1S/C14H21BrN2O3/c1-10(14(18)16-7-4-8-19-2)17-11-5-6-13(20-3)12(15)9-11/h5-6,9-10,17H,4,7-8H2,1-3H3,(H,16,18). The summed E-state index contributed by atoms with van der Waals surface area (Å²) >= 11 is 3.41. The van der Waals surface area contributed by atoms with E-state index >= 15 is 0 Å². The van der Waals surface area contributed by atoms with Gasteiger partial charge in [0, 0.05) is 25.9 Å². The van der Waals surface area contributed by atoms with Gasteiger partial charge in [-0.1, -0.05) is 0 Å². The van der Waals surface area contributed by atoms with Crippen LogP contribution in [-0.4, -0.2) is 39.3 Å². The maximum Gasteiger partial charge on any atom is 0.242 e. The maximum atomic E-state index is 11.9. The van der Waals surface area contributed by atoms with E-state index in [4.69, 9.17) is 9.47 Å². The maximum absolute atomic E-state index is 11.9. The van der Waals surface area contributed by atoms with Crippen molar-refractivity contribution in [1.29, 1.82) is 0 Å². The molecule has 0 bridgehead atoms. The molecule has 6 heteroatoms. The molecule has 0 aliphatic heterocycles. The van der Waals surface area contributed by atoms with E-state index in [0.29, 0.717) is 13.2 Å². The molecule has 5 nitrogen and oxygen atoms in total. The van der Waals surface area contributed by atoms with E-state index in [2.05, 4.69) is 26.6 Å². The summed E-state index contributed by atoms with van der Waals surface area (Å²) in [7, 11) is 3.26. The molecule has 20 heavy (non-hydrogen) atoms. The van der Waals surface area contributed by atoms with E-state index in [-0.39, 0.29) is 11.9 Å². The average molecular weight is 345 g/mol. The lowest BCUT2D eigenvalue weighted by Crippen LogP contribution is -2.38. The van der Waals surface area contributed by atoms with Crippen LogP contribution in [0, 0.1) is 0 Å². The van der Waals surface area contributed by atoms with Crippen molar-refractivity contribution in [2.75, 3.05) is 32.7 Å². The van der Waals surface area contributed by atoms with Crippen molar-refractivity contribution in [2.24, 2.45) is 0 Å². The minimum atomic E-state index is -0.308. The highest BCUT2D eigenvalue weighted by Crippen LogP contribution is 2.27. The first-order valence-corrected chi connectivity index (χ1v) is 7.24. The van der Waals surface area contributed by atoms with E-state index < -0.39 is 0 Å². The van der Waals surface area contributed by atoms with Crippen LogP contribution < -0.4 is 15.4 Å². The van der Waals surface area contributed by atoms with Crippen LogP contribution in [0.4, 0.5) is 5.69 Å². The second-order valence-electron chi connectivity index (χ2n) is 4.35. The molecule has 0 fully saturated rings. The van der Waals surface area contributed by atoms with E-state index in [9.17, 15) is 4.79 Å². The third-order valence-electron chi connectivity index (χ3n) is 2.75. The molecule has 0 saturated carbocycles. The molecule has 112 valence electrons. The van der Waals surface area contributed by atoms with Gasteiger partial charge in [-0.3, -0.25) is 4.79 Å². The lowest BCUT2D eigenvalue weighted by atomic mass is 10.2. The lowest BCUT2D eigenvalue weighted by Gasteiger charge is -2.16. The number of rotatable bonds is 8. The fourth-order valence-electron chi connectivity index (χ4n) is 1.65. The van der Waals surface area contributed by atoms with Crippen LogP contribution in [-0.2, 0) is 9.53 Å². The third-order valence-corrected chi connectivity index (χ3v) is 3.37. The van der Waals surface area contributed by atoms with Crippen molar-refractivity contribution in [1.82, 2.24) is 5.32 Å². The van der Waals surface area contributed by atoms with Crippen molar-refractivity contribution in [3.8, 4) is 5.75 Å². The number of hydrogen-bond donors (Lipinski definition) is 2. The van der Waals surface area contributed by atoms with Crippen molar-refractivity contribution in [3.05, 3.63) is 22.7 Å². The minimum Gasteiger partial charge on any atom is -0.496 e. The van der Waals surface area contributed by atoms with E-state index in [0.717, 1.165) is 22.3 Å². The molecule has 1 atom stereocenters. The molecular formula is C14H21BrN2O3. The van der Waals surface area contributed by atoms with Gasteiger partial charge in [-0.25, -0.2) is 0 Å². The molecule has 0 aliphatic carbocycles. The van der Waals surface area contributed by atoms with Crippen molar-refractivity contribution in [2.45, 2.75) is 19.4 Å². The Labute approximate surface area is 128 Å². The quantitative estimate of drug-likeness (QED) is 0.711. The largest absolute Gasteiger partial charge is 0.496 e. The topological polar surface area (TPSA) is 59.6 Å². The van der Waals surface area contributed by atoms with Gasteiger partial charge in [0.05, 0.1) is 11.6 Å². The van der Waals surface area contributed by atoms with Gasteiger partial charge in [0.1, 0.15) is 11.8 Å². The Morgan fingerprint density at radius 1 is 1.40 bits per heavy atom. The van der Waals surface area contributed by atoms with Crippen LogP contribution in [0.15, 0.2) is 22.7 Å². The van der Waals surface area contributed by atoms with Gasteiger partial charge in [0.15, 0.2) is 0 Å². The summed E-state index contributed by atoms with van der Waals surface area (Å²) in [5, 5.41) is 6.00.